The second-order valence-corrected chi connectivity index (χ2v) is 5.95. The highest BCUT2D eigenvalue weighted by Gasteiger charge is 2.38. The lowest BCUT2D eigenvalue weighted by atomic mass is 9.85. The van der Waals surface area contributed by atoms with Gasteiger partial charge in [-0.2, -0.15) is 0 Å². The standard InChI is InChI=1S/C17H18FN/c1-17(2)11-12-5-3-4-6-15(12)16(17)19-14-9-7-13(18)8-10-14/h3-10,16,19H,11H2,1-2H3. The number of rotatable bonds is 2. The van der Waals surface area contributed by atoms with Crippen LogP contribution in [0.4, 0.5) is 10.1 Å². The monoisotopic (exact) mass is 255 g/mol. The molecule has 0 saturated heterocycles. The minimum atomic E-state index is -0.198. The van der Waals surface area contributed by atoms with Crippen LogP contribution in [0.1, 0.15) is 31.0 Å². The first kappa shape index (κ1) is 12.2. The molecule has 1 unspecified atom stereocenters. The van der Waals surface area contributed by atoms with E-state index < -0.39 is 0 Å². The molecule has 0 bridgehead atoms. The van der Waals surface area contributed by atoms with Gasteiger partial charge in [-0.3, -0.25) is 0 Å². The highest BCUT2D eigenvalue weighted by molar-refractivity contribution is 5.49. The first-order valence-corrected chi connectivity index (χ1v) is 6.66. The van der Waals surface area contributed by atoms with E-state index in [1.165, 1.54) is 23.3 Å². The summed E-state index contributed by atoms with van der Waals surface area (Å²) in [7, 11) is 0. The van der Waals surface area contributed by atoms with Gasteiger partial charge < -0.3 is 5.32 Å². The second kappa shape index (κ2) is 4.37. The summed E-state index contributed by atoms with van der Waals surface area (Å²) >= 11 is 0. The highest BCUT2D eigenvalue weighted by atomic mass is 19.1. The normalized spacial score (nSPS) is 20.1. The van der Waals surface area contributed by atoms with Crippen LogP contribution in [0.3, 0.4) is 0 Å². The molecule has 0 aliphatic heterocycles. The molecule has 0 saturated carbocycles. The maximum atomic E-state index is 13.0. The van der Waals surface area contributed by atoms with Gasteiger partial charge in [-0.1, -0.05) is 38.1 Å². The summed E-state index contributed by atoms with van der Waals surface area (Å²) in [4.78, 5) is 0. The molecule has 0 aromatic heterocycles. The second-order valence-electron chi connectivity index (χ2n) is 5.95. The van der Waals surface area contributed by atoms with Crippen molar-refractivity contribution in [1.82, 2.24) is 0 Å². The van der Waals surface area contributed by atoms with Gasteiger partial charge in [0, 0.05) is 5.69 Å². The SMILES string of the molecule is CC1(C)Cc2ccccc2C1Nc1ccc(F)cc1. The van der Waals surface area contributed by atoms with Crippen molar-refractivity contribution in [3.8, 4) is 0 Å². The van der Waals surface area contributed by atoms with E-state index in [0.717, 1.165) is 12.1 Å². The Bertz CT molecular complexity index is 586. The minimum absolute atomic E-state index is 0.165. The number of hydrogen-bond donors (Lipinski definition) is 1. The molecular weight excluding hydrogens is 237 g/mol. The van der Waals surface area contributed by atoms with Gasteiger partial charge in [0.15, 0.2) is 0 Å². The number of benzene rings is 2. The van der Waals surface area contributed by atoms with Gasteiger partial charge in [0.1, 0.15) is 5.82 Å². The van der Waals surface area contributed by atoms with Gasteiger partial charge in [0.25, 0.3) is 0 Å². The quantitative estimate of drug-likeness (QED) is 0.829. The lowest BCUT2D eigenvalue weighted by Crippen LogP contribution is -2.24. The molecule has 1 aliphatic carbocycles. The van der Waals surface area contributed by atoms with Crippen molar-refractivity contribution in [2.75, 3.05) is 5.32 Å². The molecule has 3 rings (SSSR count). The molecule has 0 heterocycles. The smallest absolute Gasteiger partial charge is 0.123 e. The van der Waals surface area contributed by atoms with Gasteiger partial charge in [0.2, 0.25) is 0 Å². The maximum Gasteiger partial charge on any atom is 0.123 e. The predicted molar refractivity (Wildman–Crippen MR) is 76.7 cm³/mol. The summed E-state index contributed by atoms with van der Waals surface area (Å²) in [5.74, 6) is -0.198. The third-order valence-electron chi connectivity index (χ3n) is 3.95. The molecule has 1 N–H and O–H groups in total. The van der Waals surface area contributed by atoms with Crippen molar-refractivity contribution in [1.29, 1.82) is 0 Å². The Morgan fingerprint density at radius 1 is 1.05 bits per heavy atom. The molecule has 0 fully saturated rings. The van der Waals surface area contributed by atoms with Gasteiger partial charge in [-0.15, -0.1) is 0 Å². The fourth-order valence-electron chi connectivity index (χ4n) is 2.98. The van der Waals surface area contributed by atoms with Gasteiger partial charge in [-0.25, -0.2) is 4.39 Å². The van der Waals surface area contributed by atoms with Crippen LogP contribution >= 0.6 is 0 Å². The van der Waals surface area contributed by atoms with Crippen LogP contribution in [0, 0.1) is 11.2 Å². The van der Waals surface area contributed by atoms with Crippen LogP contribution < -0.4 is 5.32 Å². The molecule has 98 valence electrons. The zero-order chi connectivity index (χ0) is 13.5. The van der Waals surface area contributed by atoms with E-state index in [1.807, 2.05) is 0 Å². The third kappa shape index (κ3) is 2.23. The Morgan fingerprint density at radius 2 is 1.74 bits per heavy atom. The van der Waals surface area contributed by atoms with Crippen LogP contribution in [0.25, 0.3) is 0 Å². The zero-order valence-electron chi connectivity index (χ0n) is 11.3. The van der Waals surface area contributed by atoms with Crippen molar-refractivity contribution < 1.29 is 4.39 Å². The molecule has 2 aromatic rings. The lowest BCUT2D eigenvalue weighted by molar-refractivity contribution is 0.337. The Labute approximate surface area is 113 Å². The molecular formula is C17H18FN. The molecule has 1 atom stereocenters. The summed E-state index contributed by atoms with van der Waals surface area (Å²) in [6.45, 7) is 4.54. The van der Waals surface area contributed by atoms with E-state index in [-0.39, 0.29) is 17.3 Å². The van der Waals surface area contributed by atoms with E-state index in [9.17, 15) is 4.39 Å². The van der Waals surface area contributed by atoms with E-state index in [0.29, 0.717) is 0 Å². The molecule has 19 heavy (non-hydrogen) atoms. The topological polar surface area (TPSA) is 12.0 Å². The molecule has 0 amide bonds. The number of hydrogen-bond acceptors (Lipinski definition) is 1. The molecule has 1 aliphatic rings. The summed E-state index contributed by atoms with van der Waals surface area (Å²) in [6.07, 6.45) is 1.07. The number of nitrogens with one attached hydrogen (secondary N) is 1. The maximum absolute atomic E-state index is 13.0. The molecule has 0 spiro atoms. The molecule has 0 radical (unpaired) electrons. The predicted octanol–water partition coefficient (Wildman–Crippen LogP) is 4.56. The Hall–Kier alpha value is -1.83. The zero-order valence-corrected chi connectivity index (χ0v) is 11.3. The average molecular weight is 255 g/mol. The van der Waals surface area contributed by atoms with E-state index >= 15 is 0 Å². The number of halogens is 1. The highest BCUT2D eigenvalue weighted by Crippen LogP contribution is 2.46. The van der Waals surface area contributed by atoms with Gasteiger partial charge >= 0.3 is 0 Å². The minimum Gasteiger partial charge on any atom is -0.378 e. The van der Waals surface area contributed by atoms with E-state index in [4.69, 9.17) is 0 Å². The summed E-state index contributed by atoms with van der Waals surface area (Å²) < 4.78 is 13.0. The van der Waals surface area contributed by atoms with Gasteiger partial charge in [-0.05, 0) is 47.2 Å². The van der Waals surface area contributed by atoms with Crippen LogP contribution in [-0.4, -0.2) is 0 Å². The third-order valence-corrected chi connectivity index (χ3v) is 3.95. The van der Waals surface area contributed by atoms with Crippen molar-refractivity contribution >= 4 is 5.69 Å². The van der Waals surface area contributed by atoms with Crippen molar-refractivity contribution in [2.24, 2.45) is 5.41 Å². The van der Waals surface area contributed by atoms with Crippen molar-refractivity contribution in [3.63, 3.8) is 0 Å². The Kier molecular flexibility index (Phi) is 2.81. The molecule has 1 nitrogen and oxygen atoms in total. The van der Waals surface area contributed by atoms with E-state index in [2.05, 4.69) is 43.4 Å². The van der Waals surface area contributed by atoms with Crippen LogP contribution in [0.2, 0.25) is 0 Å². The summed E-state index contributed by atoms with van der Waals surface area (Å²) in [6, 6.07) is 15.4. The lowest BCUT2D eigenvalue weighted by Gasteiger charge is -2.29. The first-order valence-electron chi connectivity index (χ1n) is 6.66. The van der Waals surface area contributed by atoms with Crippen molar-refractivity contribution in [3.05, 3.63) is 65.5 Å². The first-order chi connectivity index (χ1) is 9.06. The fourth-order valence-corrected chi connectivity index (χ4v) is 2.98. The summed E-state index contributed by atoms with van der Waals surface area (Å²) in [5, 5.41) is 3.55. The average Bonchev–Trinajstić information content (AvgIpc) is 2.63. The van der Waals surface area contributed by atoms with Crippen LogP contribution in [0.5, 0.6) is 0 Å². The van der Waals surface area contributed by atoms with Crippen LogP contribution in [0.15, 0.2) is 48.5 Å². The largest absolute Gasteiger partial charge is 0.378 e. The van der Waals surface area contributed by atoms with Crippen molar-refractivity contribution in [2.45, 2.75) is 26.3 Å². The van der Waals surface area contributed by atoms with Crippen LogP contribution in [-0.2, 0) is 6.42 Å². The fraction of sp³-hybridized carbons (Fsp3) is 0.294. The van der Waals surface area contributed by atoms with Gasteiger partial charge in [0.05, 0.1) is 6.04 Å². The molecule has 2 heteroatoms. The Balaban J connectivity index is 1.93. The number of fused-ring (bicyclic) bond motifs is 1. The summed E-state index contributed by atoms with van der Waals surface area (Å²) in [5.41, 5.74) is 3.90. The Morgan fingerprint density at radius 3 is 2.47 bits per heavy atom. The number of anilines is 1. The molecule has 2 aromatic carbocycles. The van der Waals surface area contributed by atoms with E-state index in [1.54, 1.807) is 12.1 Å².